The molecule has 0 bridgehead atoms. The van der Waals surface area contributed by atoms with E-state index in [-0.39, 0.29) is 11.9 Å². The van der Waals surface area contributed by atoms with E-state index in [4.69, 9.17) is 16.3 Å². The topological polar surface area (TPSA) is 54.5 Å². The number of hydrogen-bond acceptors (Lipinski definition) is 4. The first-order valence-electron chi connectivity index (χ1n) is 6.50. The van der Waals surface area contributed by atoms with Crippen molar-refractivity contribution in [1.29, 1.82) is 0 Å². The molecule has 1 aromatic rings. The first-order chi connectivity index (χ1) is 9.24. The molecule has 1 amide bonds. The lowest BCUT2D eigenvalue weighted by Gasteiger charge is -2.36. The smallest absolute Gasteiger partial charge is 0.245 e. The zero-order valence-electron chi connectivity index (χ0n) is 10.5. The lowest BCUT2D eigenvalue weighted by atomic mass is 10.2. The summed E-state index contributed by atoms with van der Waals surface area (Å²) in [4.78, 5) is 18.2. The highest BCUT2D eigenvalue weighted by molar-refractivity contribution is 6.29. The predicted octanol–water partition coefficient (Wildman–Crippen LogP) is 1.22. The molecule has 3 rings (SSSR count). The van der Waals surface area contributed by atoms with E-state index >= 15 is 0 Å². The Balaban J connectivity index is 1.77. The maximum atomic E-state index is 12.2. The fourth-order valence-corrected chi connectivity index (χ4v) is 2.39. The molecule has 0 radical (unpaired) electrons. The minimum absolute atomic E-state index is 0.0372. The van der Waals surface area contributed by atoms with Crippen LogP contribution in [-0.2, 0) is 9.53 Å². The van der Waals surface area contributed by atoms with Crippen LogP contribution in [0.2, 0.25) is 5.15 Å². The SMILES string of the molecule is O=C(NC1CC1)C1COCCN1c1ccnc(Cl)c1. The normalized spacial score (nSPS) is 23.2. The van der Waals surface area contributed by atoms with E-state index in [2.05, 4.69) is 10.3 Å². The van der Waals surface area contributed by atoms with Crippen LogP contribution in [0.5, 0.6) is 0 Å². The van der Waals surface area contributed by atoms with Crippen molar-refractivity contribution in [2.24, 2.45) is 0 Å². The molecular weight excluding hydrogens is 266 g/mol. The second-order valence-electron chi connectivity index (χ2n) is 4.90. The maximum Gasteiger partial charge on any atom is 0.245 e. The minimum atomic E-state index is -0.284. The van der Waals surface area contributed by atoms with Crippen molar-refractivity contribution < 1.29 is 9.53 Å². The molecule has 19 heavy (non-hydrogen) atoms. The highest BCUT2D eigenvalue weighted by Crippen LogP contribution is 2.23. The summed E-state index contributed by atoms with van der Waals surface area (Å²) in [5, 5.41) is 3.46. The van der Waals surface area contributed by atoms with Crippen molar-refractivity contribution in [1.82, 2.24) is 10.3 Å². The van der Waals surface area contributed by atoms with Gasteiger partial charge in [0.2, 0.25) is 5.91 Å². The number of ether oxygens (including phenoxy) is 1. The molecule has 1 saturated heterocycles. The van der Waals surface area contributed by atoms with Gasteiger partial charge in [-0.25, -0.2) is 4.98 Å². The number of carbonyl (C=O) groups excluding carboxylic acids is 1. The van der Waals surface area contributed by atoms with Crippen LogP contribution in [0, 0.1) is 0 Å². The molecule has 1 aliphatic heterocycles. The Bertz CT molecular complexity index is 479. The van der Waals surface area contributed by atoms with Crippen molar-refractivity contribution in [3.63, 3.8) is 0 Å². The molecular formula is C13H16ClN3O2. The van der Waals surface area contributed by atoms with Crippen molar-refractivity contribution in [2.45, 2.75) is 24.9 Å². The summed E-state index contributed by atoms with van der Waals surface area (Å²) in [6, 6.07) is 3.73. The standard InChI is InChI=1S/C13H16ClN3O2/c14-12-7-10(3-4-15-12)17-5-6-19-8-11(17)13(18)16-9-1-2-9/h3-4,7,9,11H,1-2,5-6,8H2,(H,16,18). The van der Waals surface area contributed by atoms with E-state index < -0.39 is 0 Å². The number of aromatic nitrogens is 1. The molecule has 1 saturated carbocycles. The van der Waals surface area contributed by atoms with E-state index in [1.54, 1.807) is 12.3 Å². The molecule has 1 aliphatic carbocycles. The molecule has 102 valence electrons. The van der Waals surface area contributed by atoms with Crippen LogP contribution < -0.4 is 10.2 Å². The average Bonchev–Trinajstić information content (AvgIpc) is 3.23. The van der Waals surface area contributed by atoms with E-state index in [0.29, 0.717) is 31.0 Å². The number of nitrogens with zero attached hydrogens (tertiary/aromatic N) is 2. The molecule has 1 N–H and O–H groups in total. The predicted molar refractivity (Wildman–Crippen MR) is 72.4 cm³/mol. The molecule has 2 fully saturated rings. The molecule has 6 heteroatoms. The fourth-order valence-electron chi connectivity index (χ4n) is 2.23. The number of morpholine rings is 1. The van der Waals surface area contributed by atoms with Gasteiger partial charge in [0.05, 0.1) is 13.2 Å². The first kappa shape index (κ1) is 12.7. The Hall–Kier alpha value is -1.33. The van der Waals surface area contributed by atoms with Crippen LogP contribution in [0.25, 0.3) is 0 Å². The van der Waals surface area contributed by atoms with Gasteiger partial charge in [0.25, 0.3) is 0 Å². The van der Waals surface area contributed by atoms with Gasteiger partial charge in [-0.3, -0.25) is 4.79 Å². The molecule has 1 unspecified atom stereocenters. The van der Waals surface area contributed by atoms with Gasteiger partial charge in [-0.15, -0.1) is 0 Å². The lowest BCUT2D eigenvalue weighted by molar-refractivity contribution is -0.124. The fraction of sp³-hybridized carbons (Fsp3) is 0.538. The van der Waals surface area contributed by atoms with Crippen LogP contribution in [-0.4, -0.2) is 42.7 Å². The molecule has 0 spiro atoms. The number of amides is 1. The number of carbonyl (C=O) groups is 1. The summed E-state index contributed by atoms with van der Waals surface area (Å²) in [6.07, 6.45) is 3.82. The van der Waals surface area contributed by atoms with Crippen molar-refractivity contribution >= 4 is 23.2 Å². The zero-order valence-corrected chi connectivity index (χ0v) is 11.3. The third-order valence-electron chi connectivity index (χ3n) is 3.40. The second kappa shape index (κ2) is 5.35. The Morgan fingerprint density at radius 1 is 1.53 bits per heavy atom. The highest BCUT2D eigenvalue weighted by atomic mass is 35.5. The quantitative estimate of drug-likeness (QED) is 0.847. The molecule has 2 aliphatic rings. The number of hydrogen-bond donors (Lipinski definition) is 1. The van der Waals surface area contributed by atoms with Crippen molar-refractivity contribution in [3.05, 3.63) is 23.5 Å². The number of pyridine rings is 1. The molecule has 5 nitrogen and oxygen atoms in total. The van der Waals surface area contributed by atoms with E-state index in [9.17, 15) is 4.79 Å². The summed E-state index contributed by atoms with van der Waals surface area (Å²) in [6.45, 7) is 1.72. The average molecular weight is 282 g/mol. The Morgan fingerprint density at radius 3 is 3.11 bits per heavy atom. The third kappa shape index (κ3) is 2.98. The van der Waals surface area contributed by atoms with Gasteiger partial charge in [0.1, 0.15) is 11.2 Å². The first-order valence-corrected chi connectivity index (χ1v) is 6.88. The minimum Gasteiger partial charge on any atom is -0.377 e. The number of anilines is 1. The van der Waals surface area contributed by atoms with Crippen molar-refractivity contribution in [2.75, 3.05) is 24.7 Å². The van der Waals surface area contributed by atoms with Crippen LogP contribution in [0.4, 0.5) is 5.69 Å². The monoisotopic (exact) mass is 281 g/mol. The Kier molecular flexibility index (Phi) is 3.57. The number of halogens is 1. The van der Waals surface area contributed by atoms with Crippen LogP contribution in [0.15, 0.2) is 18.3 Å². The van der Waals surface area contributed by atoms with Gasteiger partial charge in [0, 0.05) is 24.5 Å². The lowest BCUT2D eigenvalue weighted by Crippen LogP contribution is -2.54. The molecule has 2 heterocycles. The van der Waals surface area contributed by atoms with Gasteiger partial charge in [-0.05, 0) is 25.0 Å². The van der Waals surface area contributed by atoms with E-state index in [0.717, 1.165) is 18.5 Å². The molecule has 0 aromatic carbocycles. The van der Waals surface area contributed by atoms with E-state index in [1.807, 2.05) is 11.0 Å². The van der Waals surface area contributed by atoms with Crippen LogP contribution >= 0.6 is 11.6 Å². The van der Waals surface area contributed by atoms with Crippen LogP contribution in [0.3, 0.4) is 0 Å². The molecule has 1 aromatic heterocycles. The largest absolute Gasteiger partial charge is 0.377 e. The summed E-state index contributed by atoms with van der Waals surface area (Å²) in [5.74, 6) is 0.0372. The second-order valence-corrected chi connectivity index (χ2v) is 5.29. The van der Waals surface area contributed by atoms with Crippen LogP contribution in [0.1, 0.15) is 12.8 Å². The third-order valence-corrected chi connectivity index (χ3v) is 3.60. The maximum absolute atomic E-state index is 12.2. The summed E-state index contributed by atoms with van der Waals surface area (Å²) < 4.78 is 5.44. The van der Waals surface area contributed by atoms with Gasteiger partial charge < -0.3 is 15.0 Å². The summed E-state index contributed by atoms with van der Waals surface area (Å²) in [5.41, 5.74) is 0.916. The Morgan fingerprint density at radius 2 is 2.37 bits per heavy atom. The van der Waals surface area contributed by atoms with Gasteiger partial charge >= 0.3 is 0 Å². The zero-order chi connectivity index (χ0) is 13.2. The van der Waals surface area contributed by atoms with Gasteiger partial charge in [-0.2, -0.15) is 0 Å². The number of nitrogens with one attached hydrogen (secondary N) is 1. The Labute approximate surface area is 116 Å². The molecule has 1 atom stereocenters. The summed E-state index contributed by atoms with van der Waals surface area (Å²) >= 11 is 5.92. The van der Waals surface area contributed by atoms with Gasteiger partial charge in [-0.1, -0.05) is 11.6 Å². The van der Waals surface area contributed by atoms with Gasteiger partial charge in [0.15, 0.2) is 0 Å². The highest BCUT2D eigenvalue weighted by Gasteiger charge is 2.33. The number of rotatable bonds is 3. The van der Waals surface area contributed by atoms with E-state index in [1.165, 1.54) is 0 Å². The van der Waals surface area contributed by atoms with Crippen molar-refractivity contribution in [3.8, 4) is 0 Å². The summed E-state index contributed by atoms with van der Waals surface area (Å²) in [7, 11) is 0.